The van der Waals surface area contributed by atoms with Crippen LogP contribution in [0.2, 0.25) is 0 Å². The van der Waals surface area contributed by atoms with Gasteiger partial charge in [0.15, 0.2) is 0 Å². The summed E-state index contributed by atoms with van der Waals surface area (Å²) in [6, 6.07) is 11.9. The maximum Gasteiger partial charge on any atom is 0.114 e. The van der Waals surface area contributed by atoms with E-state index in [2.05, 4.69) is 38.6 Å². The molecule has 2 unspecified atom stereocenters. The second-order valence-electron chi connectivity index (χ2n) is 14.5. The third kappa shape index (κ3) is 6.86. The van der Waals surface area contributed by atoms with Gasteiger partial charge in [-0.15, -0.1) is 0 Å². The van der Waals surface area contributed by atoms with Gasteiger partial charge in [0.2, 0.25) is 0 Å². The number of fused-ring (bicyclic) bond motifs is 5. The topological polar surface area (TPSA) is 52.0 Å². The van der Waals surface area contributed by atoms with E-state index in [0.29, 0.717) is 38.4 Å². The van der Waals surface area contributed by atoms with Crippen LogP contribution in [0.25, 0.3) is 11.0 Å². The molecule has 0 spiro atoms. The van der Waals surface area contributed by atoms with Gasteiger partial charge in [-0.25, -0.2) is 4.98 Å². The molecule has 7 rings (SSSR count). The van der Waals surface area contributed by atoms with Gasteiger partial charge in [-0.3, -0.25) is 4.90 Å². The first-order chi connectivity index (χ1) is 21.3. The molecule has 0 radical (unpaired) electrons. The minimum atomic E-state index is 0.495. The number of hydrogen-bond donors (Lipinski definition) is 0. The van der Waals surface area contributed by atoms with E-state index in [1.54, 1.807) is 7.11 Å². The van der Waals surface area contributed by atoms with Crippen LogP contribution < -0.4 is 0 Å². The normalized spacial score (nSPS) is 33.7. The average Bonchev–Trinajstić information content (AvgIpc) is 3.41. The van der Waals surface area contributed by atoms with Gasteiger partial charge in [-0.05, 0) is 88.3 Å². The monoisotopic (exact) mass is 592 g/mol. The van der Waals surface area contributed by atoms with Gasteiger partial charge in [0.1, 0.15) is 5.82 Å². The van der Waals surface area contributed by atoms with E-state index in [4.69, 9.17) is 19.2 Å². The predicted octanol–water partition coefficient (Wildman–Crippen LogP) is 6.42. The lowest BCUT2D eigenvalue weighted by molar-refractivity contribution is -0.0487. The number of benzene rings is 1. The Hall–Kier alpha value is -1.51. The molecule has 4 heterocycles. The number of methoxy groups -OCH3 is 1. The number of imidazole rings is 1. The number of rotatable bonds is 12. The van der Waals surface area contributed by atoms with Crippen molar-refractivity contribution in [3.8, 4) is 0 Å². The van der Waals surface area contributed by atoms with Crippen LogP contribution in [0.3, 0.4) is 0 Å². The summed E-state index contributed by atoms with van der Waals surface area (Å²) in [5.74, 6) is 3.87. The first-order valence-corrected chi connectivity index (χ1v) is 17.9. The molecule has 3 saturated heterocycles. The highest BCUT2D eigenvalue weighted by atomic mass is 16.5. The zero-order valence-corrected chi connectivity index (χ0v) is 26.7. The standard InChI is InChI=1S/C36H56N4O3/c1-41-17-18-43-20-19-42-16-15-38-14-6-9-29(26-38)36-37-34-12-2-3-13-35(34)40(36)33-24-30-10-5-11-31(25-33)39(30)32-22-27-7-4-8-28(21-27)23-32/h2-3,12-13,27-33H,4-11,14-26H2,1H3/t27-,28+,29-,30-,31+,32?,33?/m1/s1. The summed E-state index contributed by atoms with van der Waals surface area (Å²) < 4.78 is 19.3. The van der Waals surface area contributed by atoms with E-state index in [-0.39, 0.29) is 0 Å². The lowest BCUT2D eigenvalue weighted by atomic mass is 9.68. The average molecular weight is 593 g/mol. The Morgan fingerprint density at radius 1 is 0.721 bits per heavy atom. The Kier molecular flexibility index (Phi) is 10.0. The van der Waals surface area contributed by atoms with Gasteiger partial charge in [-0.1, -0.05) is 37.8 Å². The van der Waals surface area contributed by atoms with E-state index < -0.39 is 0 Å². The summed E-state index contributed by atoms with van der Waals surface area (Å²) in [7, 11) is 1.70. The minimum absolute atomic E-state index is 0.495. The Morgan fingerprint density at radius 2 is 1.44 bits per heavy atom. The minimum Gasteiger partial charge on any atom is -0.382 e. The van der Waals surface area contributed by atoms with Gasteiger partial charge in [-0.2, -0.15) is 0 Å². The maximum atomic E-state index is 5.92. The van der Waals surface area contributed by atoms with Crippen LogP contribution in [0.1, 0.15) is 101 Å². The third-order valence-corrected chi connectivity index (χ3v) is 11.7. The van der Waals surface area contributed by atoms with Crippen molar-refractivity contribution in [1.82, 2.24) is 19.4 Å². The van der Waals surface area contributed by atoms with Crippen LogP contribution in [0, 0.1) is 11.8 Å². The van der Waals surface area contributed by atoms with Crippen molar-refractivity contribution in [3.63, 3.8) is 0 Å². The first-order valence-electron chi connectivity index (χ1n) is 17.9. The number of piperidine rings is 3. The molecule has 4 bridgehead atoms. The van der Waals surface area contributed by atoms with Gasteiger partial charge in [0.05, 0.1) is 44.1 Å². The zero-order chi connectivity index (χ0) is 29.0. The number of likely N-dealkylation sites (tertiary alicyclic amines) is 1. The highest BCUT2D eigenvalue weighted by Crippen LogP contribution is 2.48. The van der Waals surface area contributed by atoms with Gasteiger partial charge in [0.25, 0.3) is 0 Å². The molecule has 3 aliphatic heterocycles. The summed E-state index contributed by atoms with van der Waals surface area (Å²) >= 11 is 0. The van der Waals surface area contributed by atoms with Crippen LogP contribution in [0.5, 0.6) is 0 Å². The fourth-order valence-electron chi connectivity index (χ4n) is 10.00. The zero-order valence-electron chi connectivity index (χ0n) is 26.7. The molecular weight excluding hydrogens is 536 g/mol. The Balaban J connectivity index is 1.03. The number of nitrogens with zero attached hydrogens (tertiary/aromatic N) is 4. The third-order valence-electron chi connectivity index (χ3n) is 11.7. The lowest BCUT2D eigenvalue weighted by Gasteiger charge is -2.55. The van der Waals surface area contributed by atoms with Crippen molar-refractivity contribution in [2.24, 2.45) is 11.8 Å². The summed E-state index contributed by atoms with van der Waals surface area (Å²) in [6.45, 7) is 6.57. The summed E-state index contributed by atoms with van der Waals surface area (Å²) in [5.41, 5.74) is 2.56. The molecule has 7 atom stereocenters. The summed E-state index contributed by atoms with van der Waals surface area (Å²) in [6.07, 6.45) is 18.3. The van der Waals surface area contributed by atoms with Gasteiger partial charge >= 0.3 is 0 Å². The Labute approximate surface area is 259 Å². The molecule has 0 amide bonds. The molecule has 7 nitrogen and oxygen atoms in total. The lowest BCUT2D eigenvalue weighted by Crippen LogP contribution is -2.58. The molecule has 7 heteroatoms. The SMILES string of the molecule is COCCOCCOCCN1CCC[C@@H](c2nc3ccccc3n2C2C[C@H]3CCC[C@@H](C2)N3C2C[C@H]3CCC[C@@H](C2)C3)C1. The number of ether oxygens (including phenoxy) is 3. The van der Waals surface area contributed by atoms with E-state index in [1.165, 1.54) is 100 Å². The second kappa shape index (κ2) is 14.3. The van der Waals surface area contributed by atoms with Crippen molar-refractivity contribution >= 4 is 11.0 Å². The summed E-state index contributed by atoms with van der Waals surface area (Å²) in [5, 5.41) is 0. The van der Waals surface area contributed by atoms with Crippen LogP contribution in [0.4, 0.5) is 0 Å². The van der Waals surface area contributed by atoms with Crippen molar-refractivity contribution in [2.75, 3.05) is 59.8 Å². The number of para-hydroxylation sites is 2. The van der Waals surface area contributed by atoms with E-state index in [1.807, 2.05) is 0 Å². The molecule has 2 aromatic rings. The van der Waals surface area contributed by atoms with Crippen molar-refractivity contribution in [2.45, 2.75) is 114 Å². The largest absolute Gasteiger partial charge is 0.382 e. The Bertz CT molecular complexity index is 1140. The van der Waals surface area contributed by atoms with Gasteiger partial charge < -0.3 is 23.7 Å². The molecule has 2 aliphatic carbocycles. The molecule has 43 heavy (non-hydrogen) atoms. The summed E-state index contributed by atoms with van der Waals surface area (Å²) in [4.78, 5) is 11.1. The van der Waals surface area contributed by atoms with Crippen LogP contribution in [0.15, 0.2) is 24.3 Å². The quantitative estimate of drug-likeness (QED) is 0.265. The molecule has 5 fully saturated rings. The van der Waals surface area contributed by atoms with Crippen LogP contribution >= 0.6 is 0 Å². The molecule has 0 N–H and O–H groups in total. The first kappa shape index (κ1) is 30.2. The highest BCUT2D eigenvalue weighted by Gasteiger charge is 2.45. The molecule has 5 aliphatic rings. The van der Waals surface area contributed by atoms with Crippen LogP contribution in [-0.4, -0.2) is 97.3 Å². The smallest absolute Gasteiger partial charge is 0.114 e. The van der Waals surface area contributed by atoms with Gasteiger partial charge in [0, 0.05) is 50.3 Å². The second-order valence-corrected chi connectivity index (χ2v) is 14.5. The van der Waals surface area contributed by atoms with Crippen LogP contribution in [-0.2, 0) is 14.2 Å². The number of hydrogen-bond acceptors (Lipinski definition) is 6. The van der Waals surface area contributed by atoms with Crippen molar-refractivity contribution in [3.05, 3.63) is 30.1 Å². The maximum absolute atomic E-state index is 5.92. The Morgan fingerprint density at radius 3 is 2.23 bits per heavy atom. The molecule has 238 valence electrons. The van der Waals surface area contributed by atoms with Crippen molar-refractivity contribution < 1.29 is 14.2 Å². The van der Waals surface area contributed by atoms with E-state index in [9.17, 15) is 0 Å². The molecule has 1 aromatic carbocycles. The van der Waals surface area contributed by atoms with E-state index >= 15 is 0 Å². The molecule has 2 saturated carbocycles. The fraction of sp³-hybridized carbons (Fsp3) is 0.806. The number of aromatic nitrogens is 2. The predicted molar refractivity (Wildman–Crippen MR) is 172 cm³/mol. The fourth-order valence-corrected chi connectivity index (χ4v) is 10.00. The molecular formula is C36H56N4O3. The van der Waals surface area contributed by atoms with Crippen molar-refractivity contribution in [1.29, 1.82) is 0 Å². The highest BCUT2D eigenvalue weighted by molar-refractivity contribution is 5.76. The molecule has 1 aromatic heterocycles. The van der Waals surface area contributed by atoms with E-state index in [0.717, 1.165) is 56.2 Å².